The molecule has 0 spiro atoms. The number of hydrogen-bond donors (Lipinski definition) is 1. The molecule has 2 aliphatic heterocycles. The second-order valence-corrected chi connectivity index (χ2v) is 10.3. The monoisotopic (exact) mass is 493 g/mol. The van der Waals surface area contributed by atoms with Crippen LogP contribution in [0.4, 0.5) is 19.0 Å². The van der Waals surface area contributed by atoms with Gasteiger partial charge in [-0.15, -0.1) is 0 Å². The summed E-state index contributed by atoms with van der Waals surface area (Å²) in [4.78, 5) is 12.8. The number of ether oxygens (including phenoxy) is 1. The number of aryl methyl sites for hydroxylation is 1. The van der Waals surface area contributed by atoms with Gasteiger partial charge in [0.2, 0.25) is 0 Å². The van der Waals surface area contributed by atoms with E-state index in [-0.39, 0.29) is 35.1 Å². The van der Waals surface area contributed by atoms with Crippen LogP contribution in [0.3, 0.4) is 0 Å². The Morgan fingerprint density at radius 3 is 2.68 bits per heavy atom. The first kappa shape index (κ1) is 22.9. The van der Waals surface area contributed by atoms with Crippen LogP contribution in [0.5, 0.6) is 0 Å². The number of fused-ring (bicyclic) bond motifs is 3. The molecule has 180 valence electrons. The maximum Gasteiger partial charge on any atom is 0.266 e. The van der Waals surface area contributed by atoms with Gasteiger partial charge in [0.15, 0.2) is 5.03 Å². The van der Waals surface area contributed by atoms with Gasteiger partial charge in [-0.2, -0.15) is 4.31 Å². The SMILES string of the molecule is Cc1nc(N[C@H](C)c2cccc(C(F)F)c2F)c2cc(S(=O)(=O)N3CC4CC3CO4)ncc2n1. The van der Waals surface area contributed by atoms with E-state index < -0.39 is 33.9 Å². The molecule has 5 rings (SSSR count). The summed E-state index contributed by atoms with van der Waals surface area (Å²) in [5.74, 6) is -0.360. The highest BCUT2D eigenvalue weighted by Gasteiger charge is 2.46. The van der Waals surface area contributed by atoms with Crippen molar-refractivity contribution in [2.75, 3.05) is 18.5 Å². The lowest BCUT2D eigenvalue weighted by molar-refractivity contribution is 0.0608. The molecule has 2 unspecified atom stereocenters. The third kappa shape index (κ3) is 3.89. The quantitative estimate of drug-likeness (QED) is 0.559. The number of pyridine rings is 1. The van der Waals surface area contributed by atoms with E-state index in [1.807, 2.05) is 0 Å². The first-order chi connectivity index (χ1) is 16.1. The predicted molar refractivity (Wildman–Crippen MR) is 118 cm³/mol. The number of benzene rings is 1. The number of morpholine rings is 1. The van der Waals surface area contributed by atoms with Crippen molar-refractivity contribution in [2.24, 2.45) is 0 Å². The van der Waals surface area contributed by atoms with Crippen molar-refractivity contribution in [1.29, 1.82) is 0 Å². The molecule has 2 aromatic heterocycles. The highest BCUT2D eigenvalue weighted by molar-refractivity contribution is 7.89. The Bertz CT molecular complexity index is 1370. The second kappa shape index (κ2) is 8.43. The van der Waals surface area contributed by atoms with Gasteiger partial charge in [0.05, 0.1) is 42.1 Å². The van der Waals surface area contributed by atoms with Gasteiger partial charge < -0.3 is 10.1 Å². The number of rotatable bonds is 6. The van der Waals surface area contributed by atoms with Gasteiger partial charge in [-0.25, -0.2) is 36.5 Å². The van der Waals surface area contributed by atoms with E-state index >= 15 is 0 Å². The van der Waals surface area contributed by atoms with Crippen LogP contribution >= 0.6 is 0 Å². The zero-order valence-corrected chi connectivity index (χ0v) is 19.2. The lowest BCUT2D eigenvalue weighted by atomic mass is 10.0. The Labute approximate surface area is 194 Å². The standard InChI is InChI=1S/C22H22F3N5O3S/c1-11(15-4-3-5-16(20(15)23)21(24)25)27-22-17-7-19(26-8-18(17)28-12(2)29-22)34(31,32)30-9-14-6-13(30)10-33-14/h3-5,7-8,11,13-14,21H,6,9-10H2,1-2H3,(H,27,28,29)/t11-,13?,14?/m1/s1. The first-order valence-corrected chi connectivity index (χ1v) is 12.2. The molecule has 2 aliphatic rings. The molecular formula is C22H22F3N5O3S. The number of aromatic nitrogens is 3. The zero-order valence-electron chi connectivity index (χ0n) is 18.4. The van der Waals surface area contributed by atoms with E-state index in [1.165, 1.54) is 28.7 Å². The van der Waals surface area contributed by atoms with Crippen molar-refractivity contribution < 1.29 is 26.3 Å². The van der Waals surface area contributed by atoms with E-state index in [1.54, 1.807) is 13.8 Å². The van der Waals surface area contributed by atoms with Crippen molar-refractivity contribution in [2.45, 2.75) is 49.9 Å². The Morgan fingerprint density at radius 1 is 1.24 bits per heavy atom. The Balaban J connectivity index is 1.52. The van der Waals surface area contributed by atoms with E-state index in [0.29, 0.717) is 29.8 Å². The third-order valence-electron chi connectivity index (χ3n) is 6.21. The summed E-state index contributed by atoms with van der Waals surface area (Å²) in [7, 11) is -3.87. The van der Waals surface area contributed by atoms with Gasteiger partial charge in [0.1, 0.15) is 17.5 Å². The minimum atomic E-state index is -3.87. The van der Waals surface area contributed by atoms with Crippen LogP contribution in [0.2, 0.25) is 0 Å². The summed E-state index contributed by atoms with van der Waals surface area (Å²) in [6.07, 6.45) is -1.04. The highest BCUT2D eigenvalue weighted by atomic mass is 32.2. The molecule has 12 heteroatoms. The maximum absolute atomic E-state index is 14.7. The summed E-state index contributed by atoms with van der Waals surface area (Å²) in [6, 6.07) is 4.25. The van der Waals surface area contributed by atoms with Crippen LogP contribution < -0.4 is 5.32 Å². The van der Waals surface area contributed by atoms with Crippen LogP contribution in [0.1, 0.15) is 42.8 Å². The minimum Gasteiger partial charge on any atom is -0.375 e. The minimum absolute atomic E-state index is 0.0391. The first-order valence-electron chi connectivity index (χ1n) is 10.8. The van der Waals surface area contributed by atoms with Gasteiger partial charge in [0.25, 0.3) is 16.4 Å². The molecule has 3 aromatic rings. The van der Waals surface area contributed by atoms with Gasteiger partial charge >= 0.3 is 0 Å². The normalized spacial score (nSPS) is 21.5. The van der Waals surface area contributed by atoms with Crippen LogP contribution in [0.25, 0.3) is 10.9 Å². The topological polar surface area (TPSA) is 97.3 Å². The highest BCUT2D eigenvalue weighted by Crippen LogP contribution is 2.34. The Kier molecular flexibility index (Phi) is 5.69. The van der Waals surface area contributed by atoms with Gasteiger partial charge in [-0.1, -0.05) is 18.2 Å². The van der Waals surface area contributed by atoms with Crippen molar-refractivity contribution >= 4 is 26.7 Å². The Hall–Kier alpha value is -2.83. The zero-order chi connectivity index (χ0) is 24.2. The molecule has 2 saturated heterocycles. The molecular weight excluding hydrogens is 471 g/mol. The molecule has 0 saturated carbocycles. The largest absolute Gasteiger partial charge is 0.375 e. The van der Waals surface area contributed by atoms with Crippen molar-refractivity contribution in [3.05, 3.63) is 53.2 Å². The molecule has 3 atom stereocenters. The second-order valence-electron chi connectivity index (χ2n) is 8.50. The van der Waals surface area contributed by atoms with Crippen LogP contribution in [0.15, 0.2) is 35.5 Å². The number of sulfonamides is 1. The molecule has 0 radical (unpaired) electrons. The number of nitrogens with one attached hydrogen (secondary N) is 1. The summed E-state index contributed by atoms with van der Waals surface area (Å²) < 4.78 is 74.4. The molecule has 2 fully saturated rings. The number of halogens is 3. The third-order valence-corrected chi connectivity index (χ3v) is 8.02. The van der Waals surface area contributed by atoms with Crippen molar-refractivity contribution in [3.63, 3.8) is 0 Å². The van der Waals surface area contributed by atoms with Gasteiger partial charge in [-0.3, -0.25) is 0 Å². The fourth-order valence-corrected chi connectivity index (χ4v) is 6.11. The average molecular weight is 494 g/mol. The van der Waals surface area contributed by atoms with Crippen LogP contribution in [-0.4, -0.2) is 53.0 Å². The number of nitrogens with zero attached hydrogens (tertiary/aromatic N) is 4. The molecule has 1 N–H and O–H groups in total. The summed E-state index contributed by atoms with van der Waals surface area (Å²) in [5.41, 5.74) is -0.247. The molecule has 4 heterocycles. The molecule has 34 heavy (non-hydrogen) atoms. The molecule has 0 amide bonds. The van der Waals surface area contributed by atoms with E-state index in [9.17, 15) is 21.6 Å². The molecule has 0 aliphatic carbocycles. The van der Waals surface area contributed by atoms with Crippen LogP contribution in [0, 0.1) is 12.7 Å². The molecule has 1 aromatic carbocycles. The lowest BCUT2D eigenvalue weighted by Crippen LogP contribution is -2.41. The summed E-state index contributed by atoms with van der Waals surface area (Å²) in [5, 5.41) is 3.25. The van der Waals surface area contributed by atoms with E-state index in [0.717, 1.165) is 6.07 Å². The summed E-state index contributed by atoms with van der Waals surface area (Å²) in [6.45, 7) is 3.89. The lowest BCUT2D eigenvalue weighted by Gasteiger charge is -2.25. The van der Waals surface area contributed by atoms with Gasteiger partial charge in [0, 0.05) is 17.5 Å². The average Bonchev–Trinajstić information content (AvgIpc) is 3.43. The van der Waals surface area contributed by atoms with Crippen molar-refractivity contribution in [3.8, 4) is 0 Å². The number of hydrogen-bond acceptors (Lipinski definition) is 7. The van der Waals surface area contributed by atoms with E-state index in [4.69, 9.17) is 4.74 Å². The summed E-state index contributed by atoms with van der Waals surface area (Å²) >= 11 is 0. The maximum atomic E-state index is 14.7. The predicted octanol–water partition coefficient (Wildman–Crippen LogP) is 3.74. The van der Waals surface area contributed by atoms with Crippen LogP contribution in [-0.2, 0) is 14.8 Å². The number of alkyl halides is 2. The fraction of sp³-hybridized carbons (Fsp3) is 0.409. The smallest absolute Gasteiger partial charge is 0.266 e. The van der Waals surface area contributed by atoms with E-state index in [2.05, 4.69) is 20.3 Å². The van der Waals surface area contributed by atoms with Crippen molar-refractivity contribution in [1.82, 2.24) is 19.3 Å². The molecule has 2 bridgehead atoms. The van der Waals surface area contributed by atoms with Gasteiger partial charge in [-0.05, 0) is 26.3 Å². The number of anilines is 1. The molecule has 8 nitrogen and oxygen atoms in total. The Morgan fingerprint density at radius 2 is 2.00 bits per heavy atom. The fourth-order valence-electron chi connectivity index (χ4n) is 4.51.